The highest BCUT2D eigenvalue weighted by Gasteiger charge is 2.46. The van der Waals surface area contributed by atoms with E-state index in [0.717, 1.165) is 109 Å². The molecular formula is C78H55N5. The summed E-state index contributed by atoms with van der Waals surface area (Å²) in [5, 5.41) is 11.1. The summed E-state index contributed by atoms with van der Waals surface area (Å²) in [5.41, 5.74) is 14.3. The molecule has 0 fully saturated rings. The second kappa shape index (κ2) is 19.4. The van der Waals surface area contributed by atoms with E-state index >= 15 is 0 Å². The van der Waals surface area contributed by atoms with E-state index in [4.69, 9.17) is 15.0 Å². The minimum Gasteiger partial charge on any atom is -0.309 e. The maximum absolute atomic E-state index is 5.52. The molecule has 2 aliphatic carbocycles. The van der Waals surface area contributed by atoms with Gasteiger partial charge in [-0.3, -0.25) is 4.57 Å². The van der Waals surface area contributed by atoms with Crippen molar-refractivity contribution in [1.29, 1.82) is 0 Å². The van der Waals surface area contributed by atoms with Crippen LogP contribution < -0.4 is 0 Å². The highest BCUT2D eigenvalue weighted by molar-refractivity contribution is 6.34. The first-order chi connectivity index (χ1) is 41.0. The molecule has 11 aromatic carbocycles. The molecule has 5 heteroatoms. The van der Waals surface area contributed by atoms with Crippen LogP contribution in [0, 0.1) is 5.92 Å². The van der Waals surface area contributed by atoms with Gasteiger partial charge in [0, 0.05) is 38.6 Å². The topological polar surface area (TPSA) is 48.5 Å². The fourth-order valence-corrected chi connectivity index (χ4v) is 13.9. The molecule has 83 heavy (non-hydrogen) atoms. The van der Waals surface area contributed by atoms with Crippen LogP contribution in [-0.4, -0.2) is 24.1 Å². The zero-order valence-corrected chi connectivity index (χ0v) is 46.0. The lowest BCUT2D eigenvalue weighted by Gasteiger charge is -2.29. The summed E-state index contributed by atoms with van der Waals surface area (Å²) in [6.45, 7) is 4.86. The molecule has 14 aromatic rings. The second-order valence-corrected chi connectivity index (χ2v) is 22.7. The lowest BCUT2D eigenvalue weighted by Crippen LogP contribution is -2.24. The van der Waals surface area contributed by atoms with Crippen molar-refractivity contribution in [3.05, 3.63) is 296 Å². The van der Waals surface area contributed by atoms with Gasteiger partial charge in [-0.25, -0.2) is 4.98 Å². The Labute approximate surface area is 481 Å². The van der Waals surface area contributed by atoms with Crippen LogP contribution in [0.15, 0.2) is 285 Å². The summed E-state index contributed by atoms with van der Waals surface area (Å²) in [6.07, 6.45) is 9.37. The number of para-hydroxylation sites is 2. The predicted molar refractivity (Wildman–Crippen MR) is 347 cm³/mol. The maximum atomic E-state index is 5.52. The third-order valence-corrected chi connectivity index (χ3v) is 17.7. The lowest BCUT2D eigenvalue weighted by molar-refractivity contribution is 0.394. The minimum atomic E-state index is -0.0893. The van der Waals surface area contributed by atoms with Gasteiger partial charge < -0.3 is 4.57 Å². The standard InChI is InChI=1S/C78H55N5/c1-78(2)65-39-18-15-34-62(65)74-66(78)40-23-43-71(74)82-67-41-19-16-32-56(67)58-35-21-38-61-64-49-55(51-26-9-4-10-27-51)45-47-70(64)83(77-80-75(52-28-11-5-12-29-52)79-76(81-77)53-30-13-6-14-31-53)68-42-20-17-33-57(68)59-36-22-37-60(73(59)72(58)61)63-48-54(44-46-69(63)82)50-24-7-3-8-25-50/h3-49,62,65H,1-2H3. The smallest absolute Gasteiger partial charge is 0.238 e. The number of allylic oxidation sites excluding steroid dienone is 4. The number of hydrogen-bond acceptors (Lipinski definition) is 3. The molecule has 5 nitrogen and oxygen atoms in total. The Bertz CT molecular complexity index is 5050. The van der Waals surface area contributed by atoms with Crippen LogP contribution in [0.1, 0.15) is 30.9 Å². The largest absolute Gasteiger partial charge is 0.309 e. The zero-order chi connectivity index (χ0) is 55.2. The van der Waals surface area contributed by atoms with Gasteiger partial charge >= 0.3 is 0 Å². The average molecular weight is 1060 g/mol. The minimum absolute atomic E-state index is 0.0893. The predicted octanol–water partition coefficient (Wildman–Crippen LogP) is 20.0. The zero-order valence-electron chi connectivity index (χ0n) is 46.0. The van der Waals surface area contributed by atoms with Crippen molar-refractivity contribution in [2.75, 3.05) is 0 Å². The molecule has 3 aromatic heterocycles. The molecule has 2 atom stereocenters. The highest BCUT2D eigenvalue weighted by Crippen LogP contribution is 2.55. The highest BCUT2D eigenvalue weighted by atomic mass is 15.2. The molecule has 2 unspecified atom stereocenters. The first kappa shape index (κ1) is 48.4. The Morgan fingerprint density at radius 1 is 0.325 bits per heavy atom. The molecule has 0 saturated heterocycles. The number of nitrogens with zero attached hydrogens (tertiary/aromatic N) is 5. The third-order valence-electron chi connectivity index (χ3n) is 17.7. The van der Waals surface area contributed by atoms with Crippen LogP contribution in [0.4, 0.5) is 0 Å². The number of rotatable bonds is 6. The van der Waals surface area contributed by atoms with Crippen molar-refractivity contribution >= 4 is 75.9 Å². The molecule has 0 spiro atoms. The summed E-state index contributed by atoms with van der Waals surface area (Å²) in [4.78, 5) is 16.3. The molecule has 392 valence electrons. The van der Waals surface area contributed by atoms with Crippen molar-refractivity contribution in [2.24, 2.45) is 5.92 Å². The molecule has 0 saturated carbocycles. The quantitative estimate of drug-likeness (QED) is 0.167. The van der Waals surface area contributed by atoms with Gasteiger partial charge in [-0.05, 0) is 119 Å². The number of fused-ring (bicyclic) bond motifs is 11. The van der Waals surface area contributed by atoms with E-state index in [0.29, 0.717) is 23.5 Å². The molecular weight excluding hydrogens is 1010 g/mol. The van der Waals surface area contributed by atoms with Crippen molar-refractivity contribution in [1.82, 2.24) is 24.1 Å². The Hall–Kier alpha value is -10.5. The van der Waals surface area contributed by atoms with Crippen molar-refractivity contribution in [2.45, 2.75) is 25.2 Å². The van der Waals surface area contributed by atoms with Crippen molar-refractivity contribution in [3.63, 3.8) is 0 Å². The molecule has 3 heterocycles. The molecule has 0 bridgehead atoms. The SMILES string of the molecule is CC1(C)c2cccc(-n3c4ccccc4c4cccc5c6cc(-c7ccccc7)ccc6n(-c6nc(-c7ccccc7)nc(-c7ccccc7)n6)c6ccccc6c6cccc(c7cc(-c8ccccc8)ccc73)c6c54)c2C2C=CC=CC21. The van der Waals surface area contributed by atoms with Gasteiger partial charge in [0.15, 0.2) is 11.6 Å². The van der Waals surface area contributed by atoms with E-state index in [1.807, 2.05) is 36.4 Å². The van der Waals surface area contributed by atoms with Gasteiger partial charge in [-0.15, -0.1) is 0 Å². The van der Waals surface area contributed by atoms with Gasteiger partial charge in [0.1, 0.15) is 0 Å². The van der Waals surface area contributed by atoms with Crippen molar-refractivity contribution in [3.8, 4) is 56.7 Å². The van der Waals surface area contributed by atoms with E-state index < -0.39 is 0 Å². The van der Waals surface area contributed by atoms with Gasteiger partial charge in [0.2, 0.25) is 5.95 Å². The van der Waals surface area contributed by atoms with E-state index in [-0.39, 0.29) is 11.3 Å². The van der Waals surface area contributed by atoms with E-state index in [1.165, 1.54) is 16.8 Å². The Morgan fingerprint density at radius 2 is 0.735 bits per heavy atom. The van der Waals surface area contributed by atoms with Gasteiger partial charge in [0.05, 0.1) is 27.8 Å². The van der Waals surface area contributed by atoms with Crippen LogP contribution >= 0.6 is 0 Å². The molecule has 0 amide bonds. The van der Waals surface area contributed by atoms with Crippen LogP contribution in [0.5, 0.6) is 0 Å². The molecule has 0 N–H and O–H groups in total. The van der Waals surface area contributed by atoms with Crippen LogP contribution in [0.25, 0.3) is 133 Å². The van der Waals surface area contributed by atoms with E-state index in [2.05, 4.69) is 272 Å². The first-order valence-electron chi connectivity index (χ1n) is 28.8. The summed E-state index contributed by atoms with van der Waals surface area (Å²) in [7, 11) is 0. The fraction of sp³-hybridized carbons (Fsp3) is 0.0641. The van der Waals surface area contributed by atoms with Gasteiger partial charge in [-0.1, -0.05) is 257 Å². The number of hydrogen-bond donors (Lipinski definition) is 0. The third kappa shape index (κ3) is 7.80. The molecule has 16 rings (SSSR count). The Morgan fingerprint density at radius 3 is 1.27 bits per heavy atom. The normalized spacial score (nSPS) is 15.1. The lowest BCUT2D eigenvalue weighted by atomic mass is 9.74. The number of aromatic nitrogens is 5. The summed E-state index contributed by atoms with van der Waals surface area (Å²) in [5.74, 6) is 2.22. The summed E-state index contributed by atoms with van der Waals surface area (Å²) in [6, 6.07) is 95.2. The summed E-state index contributed by atoms with van der Waals surface area (Å²) >= 11 is 0. The van der Waals surface area contributed by atoms with E-state index in [1.54, 1.807) is 0 Å². The maximum Gasteiger partial charge on any atom is 0.238 e. The Balaban J connectivity index is 1.18. The Kier molecular flexibility index (Phi) is 11.3. The van der Waals surface area contributed by atoms with Gasteiger partial charge in [-0.2, -0.15) is 9.97 Å². The van der Waals surface area contributed by atoms with Crippen molar-refractivity contribution < 1.29 is 0 Å². The number of benzene rings is 11. The molecule has 0 radical (unpaired) electrons. The monoisotopic (exact) mass is 1060 g/mol. The van der Waals surface area contributed by atoms with Crippen LogP contribution in [0.3, 0.4) is 0 Å². The second-order valence-electron chi connectivity index (χ2n) is 22.7. The fourth-order valence-electron chi connectivity index (χ4n) is 13.9. The van der Waals surface area contributed by atoms with Crippen LogP contribution in [0.2, 0.25) is 0 Å². The summed E-state index contributed by atoms with van der Waals surface area (Å²) < 4.78 is 4.90. The first-order valence-corrected chi connectivity index (χ1v) is 28.8. The molecule has 0 aliphatic heterocycles. The van der Waals surface area contributed by atoms with Crippen LogP contribution in [-0.2, 0) is 5.41 Å². The van der Waals surface area contributed by atoms with Gasteiger partial charge in [0.25, 0.3) is 0 Å². The average Bonchev–Trinajstić information content (AvgIpc) is 1.84. The molecule has 2 aliphatic rings. The van der Waals surface area contributed by atoms with E-state index in [9.17, 15) is 0 Å².